The molecule has 1 saturated heterocycles. The zero-order valence-corrected chi connectivity index (χ0v) is 30.5. The van der Waals surface area contributed by atoms with Crippen molar-refractivity contribution in [2.24, 2.45) is 17.8 Å². The summed E-state index contributed by atoms with van der Waals surface area (Å²) in [7, 11) is -0.318. The molecular weight excluding hydrogens is 778 g/mol. The van der Waals surface area contributed by atoms with Gasteiger partial charge in [-0.3, -0.25) is 19.5 Å². The van der Waals surface area contributed by atoms with Gasteiger partial charge in [-0.25, -0.2) is 0 Å². The number of carbonyl (C=O) groups excluding carboxylic acids is 2. The van der Waals surface area contributed by atoms with E-state index in [9.17, 15) is 35.0 Å². The Morgan fingerprint density at radius 1 is 1.04 bits per heavy atom. The molecule has 2 amide bonds. The summed E-state index contributed by atoms with van der Waals surface area (Å²) in [5, 5.41) is 52.8. The smallest absolute Gasteiger partial charge is 0.488 e. The minimum atomic E-state index is -1.80. The first-order chi connectivity index (χ1) is 25.1. The van der Waals surface area contributed by atoms with E-state index < -0.39 is 49.4 Å². The van der Waals surface area contributed by atoms with Crippen LogP contribution in [0.15, 0.2) is 102 Å². The van der Waals surface area contributed by atoms with E-state index >= 15 is 0 Å². The number of ether oxygens (including phenoxy) is 2. The summed E-state index contributed by atoms with van der Waals surface area (Å²) < 4.78 is 12.1. The van der Waals surface area contributed by atoms with Gasteiger partial charge in [0.1, 0.15) is 12.4 Å². The van der Waals surface area contributed by atoms with Crippen LogP contribution < -0.4 is 19.8 Å². The molecule has 4 atom stereocenters. The Balaban J connectivity index is 1.35. The first-order valence-electron chi connectivity index (χ1n) is 16.8. The van der Waals surface area contributed by atoms with Crippen LogP contribution in [0.4, 0.5) is 5.69 Å². The number of para-hydroxylation sites is 1. The summed E-state index contributed by atoms with van der Waals surface area (Å²) in [6.07, 6.45) is 3.13. The van der Waals surface area contributed by atoms with Crippen molar-refractivity contribution in [1.82, 2.24) is 4.98 Å². The van der Waals surface area contributed by atoms with Crippen LogP contribution in [0.5, 0.6) is 17.2 Å². The number of fused-ring (bicyclic) bond motifs is 1. The average molecular weight is 816 g/mol. The van der Waals surface area contributed by atoms with Crippen LogP contribution in [0, 0.1) is 21.3 Å². The standard InChI is InChI=1S/C39H38BIN2O9/c1-51-34-18-23(17-31(41)37(34)46)16-24(32-12-5-6-15-42-32)13-14-33(45)35-25(22-52-28-10-3-2-4-11-28)19-29-36(30(35)21-44)39(48)43(38(29)47)27-9-7-8-26(20-27)40(49)50/h2-12,15-18,20,29-30,33,36,44-46,49-50H,13-14,19,21-22H2,1H3/b24-16-/t29-,30+,33-,36-/m1/s1. The van der Waals surface area contributed by atoms with E-state index in [4.69, 9.17) is 9.47 Å². The largest absolute Gasteiger partial charge is 0.504 e. The van der Waals surface area contributed by atoms with Crippen molar-refractivity contribution in [1.29, 1.82) is 0 Å². The molecule has 1 aliphatic heterocycles. The number of hydrogen-bond acceptors (Lipinski definition) is 10. The molecule has 0 spiro atoms. The number of nitrogens with zero attached hydrogens (tertiary/aromatic N) is 2. The number of aromatic nitrogens is 1. The first-order valence-corrected chi connectivity index (χ1v) is 17.9. The number of aliphatic hydroxyl groups is 2. The minimum Gasteiger partial charge on any atom is -0.504 e. The van der Waals surface area contributed by atoms with Crippen LogP contribution in [0.25, 0.3) is 11.6 Å². The Hall–Kier alpha value is -4.54. The molecule has 2 heterocycles. The van der Waals surface area contributed by atoms with Crippen LogP contribution in [-0.2, 0) is 9.59 Å². The number of imide groups is 1. The van der Waals surface area contributed by atoms with E-state index in [0.717, 1.165) is 16.0 Å². The predicted octanol–water partition coefficient (Wildman–Crippen LogP) is 3.96. The van der Waals surface area contributed by atoms with Gasteiger partial charge in [0.05, 0.1) is 46.6 Å². The van der Waals surface area contributed by atoms with Gasteiger partial charge in [-0.2, -0.15) is 0 Å². The number of allylic oxidation sites excluding steroid dienone is 1. The van der Waals surface area contributed by atoms with Gasteiger partial charge in [-0.1, -0.05) is 36.4 Å². The third-order valence-corrected chi connectivity index (χ3v) is 10.4. The maximum Gasteiger partial charge on any atom is 0.488 e. The summed E-state index contributed by atoms with van der Waals surface area (Å²) >= 11 is 2.03. The first kappa shape index (κ1) is 37.2. The van der Waals surface area contributed by atoms with Gasteiger partial charge in [0.25, 0.3) is 0 Å². The maximum atomic E-state index is 14.1. The number of phenols is 1. The SMILES string of the molecule is COc1cc(/C=C(/CC[C@@H](O)C2=C(COc3ccccc3)C[C@H]3C(=O)N(c4cccc(B(O)O)c4)C(=O)[C@H]3[C@H]2CO)c2ccccn2)cc(I)c1O. The number of halogens is 1. The molecule has 268 valence electrons. The highest BCUT2D eigenvalue weighted by Gasteiger charge is 2.55. The van der Waals surface area contributed by atoms with Crippen LogP contribution in [0.3, 0.4) is 0 Å². The normalized spacial score (nSPS) is 19.5. The highest BCUT2D eigenvalue weighted by atomic mass is 127. The zero-order chi connectivity index (χ0) is 36.9. The van der Waals surface area contributed by atoms with Crippen LogP contribution in [0.1, 0.15) is 30.5 Å². The number of aromatic hydroxyl groups is 1. The molecule has 1 aromatic heterocycles. The van der Waals surface area contributed by atoms with E-state index in [1.165, 1.54) is 25.3 Å². The maximum absolute atomic E-state index is 14.1. The Kier molecular flexibility index (Phi) is 11.8. The second-order valence-corrected chi connectivity index (χ2v) is 13.9. The predicted molar refractivity (Wildman–Crippen MR) is 205 cm³/mol. The molecule has 4 aromatic rings. The molecule has 52 heavy (non-hydrogen) atoms. The Labute approximate surface area is 315 Å². The van der Waals surface area contributed by atoms with Crippen molar-refractivity contribution in [2.45, 2.75) is 25.4 Å². The fourth-order valence-electron chi connectivity index (χ4n) is 7.17. The molecule has 1 aliphatic carbocycles. The number of amides is 2. The average Bonchev–Trinajstić information content (AvgIpc) is 3.41. The number of pyridine rings is 1. The Morgan fingerprint density at radius 2 is 1.81 bits per heavy atom. The highest BCUT2D eigenvalue weighted by Crippen LogP contribution is 2.47. The number of phenolic OH excluding ortho intramolecular Hbond substituents is 1. The summed E-state index contributed by atoms with van der Waals surface area (Å²) in [5.74, 6) is -2.73. The van der Waals surface area contributed by atoms with Crippen molar-refractivity contribution in [3.8, 4) is 17.2 Å². The second kappa shape index (κ2) is 16.4. The number of aliphatic hydroxyl groups excluding tert-OH is 2. The summed E-state index contributed by atoms with van der Waals surface area (Å²) in [5.41, 5.74) is 3.64. The van der Waals surface area contributed by atoms with Gasteiger partial charge in [-0.15, -0.1) is 0 Å². The van der Waals surface area contributed by atoms with E-state index in [1.54, 1.807) is 30.5 Å². The van der Waals surface area contributed by atoms with E-state index in [2.05, 4.69) is 4.98 Å². The Bertz CT molecular complexity index is 1990. The third-order valence-electron chi connectivity index (χ3n) is 9.62. The van der Waals surface area contributed by atoms with E-state index in [0.29, 0.717) is 38.3 Å². The zero-order valence-electron chi connectivity index (χ0n) is 28.3. The van der Waals surface area contributed by atoms with Gasteiger partial charge >= 0.3 is 7.12 Å². The summed E-state index contributed by atoms with van der Waals surface area (Å²) in [4.78, 5) is 33.7. The van der Waals surface area contributed by atoms with Crippen molar-refractivity contribution >= 4 is 64.3 Å². The van der Waals surface area contributed by atoms with Crippen LogP contribution in [0.2, 0.25) is 0 Å². The molecule has 0 unspecified atom stereocenters. The molecule has 1 fully saturated rings. The number of rotatable bonds is 13. The molecule has 11 nitrogen and oxygen atoms in total. The molecule has 6 rings (SSSR count). The van der Waals surface area contributed by atoms with E-state index in [-0.39, 0.29) is 36.3 Å². The second-order valence-electron chi connectivity index (χ2n) is 12.8. The molecule has 0 saturated carbocycles. The van der Waals surface area contributed by atoms with Crippen molar-refractivity contribution in [2.75, 3.05) is 25.2 Å². The Morgan fingerprint density at radius 3 is 2.50 bits per heavy atom. The molecule has 2 aliphatic rings. The number of benzene rings is 3. The quantitative estimate of drug-likeness (QED) is 0.0577. The monoisotopic (exact) mass is 816 g/mol. The highest BCUT2D eigenvalue weighted by molar-refractivity contribution is 14.1. The number of methoxy groups -OCH3 is 1. The third kappa shape index (κ3) is 7.78. The van der Waals surface area contributed by atoms with Gasteiger partial charge in [0.2, 0.25) is 11.8 Å². The molecule has 0 bridgehead atoms. The van der Waals surface area contributed by atoms with Gasteiger partial charge in [0, 0.05) is 12.1 Å². The van der Waals surface area contributed by atoms with Gasteiger partial charge in [0.15, 0.2) is 11.5 Å². The molecular formula is C39H38BIN2O9. The molecule has 0 radical (unpaired) electrons. The molecule has 13 heteroatoms. The topological polar surface area (TPSA) is 170 Å². The lowest BCUT2D eigenvalue weighted by molar-refractivity contribution is -0.123. The minimum absolute atomic E-state index is 0.0263. The number of carbonyl (C=O) groups is 2. The molecule has 3 aromatic carbocycles. The van der Waals surface area contributed by atoms with Crippen molar-refractivity contribution < 1.29 is 44.4 Å². The lowest BCUT2D eigenvalue weighted by Crippen LogP contribution is -2.40. The van der Waals surface area contributed by atoms with Crippen molar-refractivity contribution in [3.05, 3.63) is 117 Å². The molecule has 5 N–H and O–H groups in total. The fourth-order valence-corrected chi connectivity index (χ4v) is 7.79. The fraction of sp³-hybridized carbons (Fsp3) is 0.256. The van der Waals surface area contributed by atoms with Gasteiger partial charge < -0.3 is 34.8 Å². The summed E-state index contributed by atoms with van der Waals surface area (Å²) in [6.45, 7) is -0.474. The van der Waals surface area contributed by atoms with Crippen LogP contribution in [-0.4, -0.2) is 75.7 Å². The van der Waals surface area contributed by atoms with E-state index in [1.807, 2.05) is 71.1 Å². The summed E-state index contributed by atoms with van der Waals surface area (Å²) in [6, 6.07) is 24.1. The number of hydrogen-bond donors (Lipinski definition) is 5. The lowest BCUT2D eigenvalue weighted by Gasteiger charge is -2.36. The lowest BCUT2D eigenvalue weighted by atomic mass is 9.68. The van der Waals surface area contributed by atoms with Crippen LogP contribution >= 0.6 is 22.6 Å². The van der Waals surface area contributed by atoms with Gasteiger partial charge in [-0.05, 0) is 124 Å². The van der Waals surface area contributed by atoms with Crippen molar-refractivity contribution in [3.63, 3.8) is 0 Å². The number of anilines is 1.